The number of aliphatic hydroxyl groups is 1. The maximum absolute atomic E-state index is 11.4. The average Bonchev–Trinajstić information content (AvgIpc) is 2.69. The summed E-state index contributed by atoms with van der Waals surface area (Å²) in [5.41, 5.74) is 1.36. The summed E-state index contributed by atoms with van der Waals surface area (Å²) in [4.78, 5) is 13.1. The summed E-state index contributed by atoms with van der Waals surface area (Å²) in [5.74, 6) is 0. The molecule has 0 aliphatic carbocycles. The lowest BCUT2D eigenvalue weighted by Gasteiger charge is -2.27. The van der Waals surface area contributed by atoms with Crippen LogP contribution in [0.15, 0.2) is 0 Å². The van der Waals surface area contributed by atoms with Gasteiger partial charge in [0, 0.05) is 13.6 Å². The number of aliphatic hydroxyl groups excluding tert-OH is 1. The topological polar surface area (TPSA) is 83.3 Å². The standard InChI is InChI=1S/C8H13N5O2/c1-9-8(15)12-2-3-13-7(4-12)6(5-14)10-11-13/h14H,2-5H2,1H3,(H,9,15). The summed E-state index contributed by atoms with van der Waals surface area (Å²) in [6.45, 7) is 1.54. The van der Waals surface area contributed by atoms with E-state index in [0.717, 1.165) is 5.69 Å². The maximum Gasteiger partial charge on any atom is 0.317 e. The van der Waals surface area contributed by atoms with E-state index in [4.69, 9.17) is 5.11 Å². The van der Waals surface area contributed by atoms with Gasteiger partial charge in [0.1, 0.15) is 5.69 Å². The van der Waals surface area contributed by atoms with Crippen molar-refractivity contribution in [3.63, 3.8) is 0 Å². The molecule has 0 bridgehead atoms. The number of amides is 2. The van der Waals surface area contributed by atoms with Crippen molar-refractivity contribution >= 4 is 6.03 Å². The summed E-state index contributed by atoms with van der Waals surface area (Å²) < 4.78 is 1.73. The predicted molar refractivity (Wildman–Crippen MR) is 50.8 cm³/mol. The van der Waals surface area contributed by atoms with Crippen molar-refractivity contribution in [2.45, 2.75) is 19.7 Å². The predicted octanol–water partition coefficient (Wildman–Crippen LogP) is -1.07. The van der Waals surface area contributed by atoms with Crippen LogP contribution >= 0.6 is 0 Å². The summed E-state index contributed by atoms with van der Waals surface area (Å²) in [7, 11) is 1.60. The molecule has 7 heteroatoms. The van der Waals surface area contributed by atoms with E-state index < -0.39 is 0 Å². The number of urea groups is 1. The monoisotopic (exact) mass is 211 g/mol. The third kappa shape index (κ3) is 1.65. The Balaban J connectivity index is 2.20. The Morgan fingerprint density at radius 3 is 3.07 bits per heavy atom. The lowest BCUT2D eigenvalue weighted by molar-refractivity contribution is 0.182. The Morgan fingerprint density at radius 1 is 1.60 bits per heavy atom. The van der Waals surface area contributed by atoms with Crippen molar-refractivity contribution in [2.24, 2.45) is 0 Å². The van der Waals surface area contributed by atoms with E-state index in [2.05, 4.69) is 15.6 Å². The molecule has 7 nitrogen and oxygen atoms in total. The molecule has 0 fully saturated rings. The van der Waals surface area contributed by atoms with Crippen LogP contribution in [0.2, 0.25) is 0 Å². The molecule has 0 atom stereocenters. The Kier molecular flexibility index (Phi) is 2.55. The second-order valence-electron chi connectivity index (χ2n) is 3.34. The molecule has 0 radical (unpaired) electrons. The van der Waals surface area contributed by atoms with Gasteiger partial charge in [0.15, 0.2) is 0 Å². The van der Waals surface area contributed by atoms with Crippen LogP contribution in [0.25, 0.3) is 0 Å². The molecular formula is C8H13N5O2. The average molecular weight is 211 g/mol. The van der Waals surface area contributed by atoms with Crippen molar-refractivity contribution in [1.82, 2.24) is 25.2 Å². The number of nitrogens with zero attached hydrogens (tertiary/aromatic N) is 4. The van der Waals surface area contributed by atoms with Gasteiger partial charge in [-0.2, -0.15) is 0 Å². The van der Waals surface area contributed by atoms with Gasteiger partial charge in [-0.05, 0) is 0 Å². The van der Waals surface area contributed by atoms with Crippen LogP contribution < -0.4 is 5.32 Å². The van der Waals surface area contributed by atoms with Gasteiger partial charge < -0.3 is 15.3 Å². The van der Waals surface area contributed by atoms with Crippen LogP contribution in [0, 0.1) is 0 Å². The van der Waals surface area contributed by atoms with Crippen LogP contribution in [0.3, 0.4) is 0 Å². The SMILES string of the molecule is CNC(=O)N1CCn2nnc(CO)c2C1. The molecule has 0 unspecified atom stereocenters. The Morgan fingerprint density at radius 2 is 2.40 bits per heavy atom. The minimum Gasteiger partial charge on any atom is -0.390 e. The van der Waals surface area contributed by atoms with Gasteiger partial charge in [-0.1, -0.05) is 5.21 Å². The Labute approximate surface area is 86.7 Å². The fraction of sp³-hybridized carbons (Fsp3) is 0.625. The first-order valence-corrected chi connectivity index (χ1v) is 4.75. The molecule has 1 aromatic heterocycles. The van der Waals surface area contributed by atoms with Crippen LogP contribution in [0.4, 0.5) is 4.79 Å². The first kappa shape index (κ1) is 9.91. The largest absolute Gasteiger partial charge is 0.390 e. The van der Waals surface area contributed by atoms with E-state index in [9.17, 15) is 4.79 Å². The number of nitrogens with one attached hydrogen (secondary N) is 1. The van der Waals surface area contributed by atoms with Gasteiger partial charge >= 0.3 is 6.03 Å². The molecule has 0 saturated carbocycles. The number of carbonyl (C=O) groups is 1. The molecule has 1 aromatic rings. The lowest BCUT2D eigenvalue weighted by atomic mass is 10.2. The molecule has 2 rings (SSSR count). The lowest BCUT2D eigenvalue weighted by Crippen LogP contribution is -2.43. The number of aromatic nitrogens is 3. The second kappa shape index (κ2) is 3.85. The molecule has 0 aromatic carbocycles. The second-order valence-corrected chi connectivity index (χ2v) is 3.34. The summed E-state index contributed by atoms with van der Waals surface area (Å²) in [6, 6.07) is -0.119. The number of hydrogen-bond donors (Lipinski definition) is 2. The molecule has 2 amide bonds. The van der Waals surface area contributed by atoms with E-state index in [-0.39, 0.29) is 12.6 Å². The van der Waals surface area contributed by atoms with Gasteiger partial charge in [0.2, 0.25) is 0 Å². The summed E-state index contributed by atoms with van der Waals surface area (Å²) >= 11 is 0. The minimum absolute atomic E-state index is 0.119. The van der Waals surface area contributed by atoms with Crippen molar-refractivity contribution < 1.29 is 9.90 Å². The Bertz CT molecular complexity index is 362. The third-order valence-corrected chi connectivity index (χ3v) is 2.49. The minimum atomic E-state index is -0.142. The highest BCUT2D eigenvalue weighted by Crippen LogP contribution is 2.14. The molecule has 1 aliphatic heterocycles. The molecule has 2 heterocycles. The van der Waals surface area contributed by atoms with Crippen LogP contribution in [0.1, 0.15) is 11.4 Å². The third-order valence-electron chi connectivity index (χ3n) is 2.49. The highest BCUT2D eigenvalue weighted by atomic mass is 16.3. The van der Waals surface area contributed by atoms with E-state index in [1.54, 1.807) is 16.6 Å². The van der Waals surface area contributed by atoms with E-state index in [0.29, 0.717) is 25.3 Å². The molecule has 0 saturated heterocycles. The summed E-state index contributed by atoms with van der Waals surface area (Å²) in [5, 5.41) is 19.3. The highest BCUT2D eigenvalue weighted by molar-refractivity contribution is 5.73. The molecule has 0 spiro atoms. The number of fused-ring (bicyclic) bond motifs is 1. The quantitative estimate of drug-likeness (QED) is 0.619. The normalized spacial score (nSPS) is 14.9. The zero-order valence-corrected chi connectivity index (χ0v) is 8.47. The molecule has 82 valence electrons. The van der Waals surface area contributed by atoms with Gasteiger partial charge in [0.25, 0.3) is 0 Å². The molecular weight excluding hydrogens is 198 g/mol. The van der Waals surface area contributed by atoms with Crippen molar-refractivity contribution in [3.05, 3.63) is 11.4 Å². The van der Waals surface area contributed by atoms with Gasteiger partial charge in [-0.3, -0.25) is 0 Å². The van der Waals surface area contributed by atoms with Crippen molar-refractivity contribution in [2.75, 3.05) is 13.6 Å². The van der Waals surface area contributed by atoms with E-state index in [1.165, 1.54) is 0 Å². The molecule has 15 heavy (non-hydrogen) atoms. The van der Waals surface area contributed by atoms with Gasteiger partial charge in [-0.15, -0.1) is 5.10 Å². The van der Waals surface area contributed by atoms with E-state index >= 15 is 0 Å². The molecule has 1 aliphatic rings. The zero-order chi connectivity index (χ0) is 10.8. The fourth-order valence-corrected chi connectivity index (χ4v) is 1.65. The summed E-state index contributed by atoms with van der Waals surface area (Å²) in [6.07, 6.45) is 0. The fourth-order valence-electron chi connectivity index (χ4n) is 1.65. The first-order chi connectivity index (χ1) is 7.26. The number of hydrogen-bond acceptors (Lipinski definition) is 4. The zero-order valence-electron chi connectivity index (χ0n) is 8.47. The number of carbonyl (C=O) groups excluding carboxylic acids is 1. The first-order valence-electron chi connectivity index (χ1n) is 4.75. The van der Waals surface area contributed by atoms with Crippen LogP contribution in [-0.4, -0.2) is 44.6 Å². The highest BCUT2D eigenvalue weighted by Gasteiger charge is 2.23. The maximum atomic E-state index is 11.4. The van der Waals surface area contributed by atoms with E-state index in [1.807, 2.05) is 0 Å². The van der Waals surface area contributed by atoms with Gasteiger partial charge in [0.05, 0.1) is 25.4 Å². The van der Waals surface area contributed by atoms with Crippen molar-refractivity contribution in [3.8, 4) is 0 Å². The van der Waals surface area contributed by atoms with Gasteiger partial charge in [-0.25, -0.2) is 9.48 Å². The van der Waals surface area contributed by atoms with Crippen molar-refractivity contribution in [1.29, 1.82) is 0 Å². The molecule has 2 N–H and O–H groups in total. The van der Waals surface area contributed by atoms with Crippen LogP contribution in [-0.2, 0) is 19.7 Å². The smallest absolute Gasteiger partial charge is 0.317 e. The Hall–Kier alpha value is -1.63. The van der Waals surface area contributed by atoms with Crippen LogP contribution in [0.5, 0.6) is 0 Å². The number of rotatable bonds is 1.